The summed E-state index contributed by atoms with van der Waals surface area (Å²) in [5.41, 5.74) is 2.70. The van der Waals surface area contributed by atoms with Crippen LogP contribution in [0.5, 0.6) is 0 Å². The van der Waals surface area contributed by atoms with E-state index in [-0.39, 0.29) is 0 Å². The molecule has 0 heterocycles. The van der Waals surface area contributed by atoms with E-state index in [2.05, 4.69) is 49.7 Å². The largest absolute Gasteiger partial charge is 0.0887 e. The van der Waals surface area contributed by atoms with E-state index in [0.717, 1.165) is 5.92 Å². The molecule has 0 N–H and O–H groups in total. The van der Waals surface area contributed by atoms with Crippen LogP contribution in [-0.4, -0.2) is 4.83 Å². The Labute approximate surface area is 103 Å². The van der Waals surface area contributed by atoms with Crippen LogP contribution in [0.15, 0.2) is 11.6 Å². The van der Waals surface area contributed by atoms with Crippen LogP contribution in [0.3, 0.4) is 0 Å². The fourth-order valence-corrected chi connectivity index (χ4v) is 3.88. The lowest BCUT2D eigenvalue weighted by Gasteiger charge is -2.51. The third-order valence-electron chi connectivity index (χ3n) is 4.58. The molecule has 0 aliphatic heterocycles. The van der Waals surface area contributed by atoms with Crippen molar-refractivity contribution in [3.8, 4) is 0 Å². The van der Waals surface area contributed by atoms with Gasteiger partial charge in [-0.25, -0.2) is 0 Å². The summed E-state index contributed by atoms with van der Waals surface area (Å²) in [5.74, 6) is 0.805. The Morgan fingerprint density at radius 2 is 1.87 bits per heavy atom. The summed E-state index contributed by atoms with van der Waals surface area (Å²) < 4.78 is 0. The van der Waals surface area contributed by atoms with Crippen molar-refractivity contribution in [3.63, 3.8) is 0 Å². The van der Waals surface area contributed by atoms with Crippen molar-refractivity contribution in [2.24, 2.45) is 16.7 Å². The van der Waals surface area contributed by atoms with Gasteiger partial charge in [0, 0.05) is 4.83 Å². The molecule has 1 fully saturated rings. The second-order valence-electron chi connectivity index (χ2n) is 6.65. The summed E-state index contributed by atoms with van der Waals surface area (Å²) in [6, 6.07) is 0. The van der Waals surface area contributed by atoms with Crippen LogP contribution < -0.4 is 0 Å². The lowest BCUT2D eigenvalue weighted by Crippen LogP contribution is -2.41. The number of alkyl halides is 1. The summed E-state index contributed by atoms with van der Waals surface area (Å²) in [6.45, 7) is 9.75. The molecule has 0 aromatic rings. The van der Waals surface area contributed by atoms with Crippen LogP contribution >= 0.6 is 15.9 Å². The average Bonchev–Trinajstić information content (AvgIpc) is 2.13. The van der Waals surface area contributed by atoms with Crippen molar-refractivity contribution in [2.75, 3.05) is 0 Å². The molecule has 2 aliphatic rings. The molecule has 1 unspecified atom stereocenters. The van der Waals surface area contributed by atoms with Gasteiger partial charge in [-0.05, 0) is 42.4 Å². The van der Waals surface area contributed by atoms with E-state index in [9.17, 15) is 0 Å². The number of hydrogen-bond acceptors (Lipinski definition) is 0. The Hall–Kier alpha value is 0.220. The Balaban J connectivity index is 2.35. The molecule has 86 valence electrons. The molecule has 0 amide bonds. The molecule has 2 rings (SSSR count). The molecule has 1 saturated carbocycles. The number of fused-ring (bicyclic) bond motifs is 1. The maximum Gasteiger partial charge on any atom is 0.0186 e. The van der Waals surface area contributed by atoms with Crippen molar-refractivity contribution < 1.29 is 0 Å². The lowest BCUT2D eigenvalue weighted by molar-refractivity contribution is 0.111. The van der Waals surface area contributed by atoms with E-state index in [1.54, 1.807) is 5.57 Å². The van der Waals surface area contributed by atoms with Crippen LogP contribution in [-0.2, 0) is 0 Å². The summed E-state index contributed by atoms with van der Waals surface area (Å²) >= 11 is 3.79. The Morgan fingerprint density at radius 3 is 2.53 bits per heavy atom. The van der Waals surface area contributed by atoms with Crippen molar-refractivity contribution in [1.29, 1.82) is 0 Å². The van der Waals surface area contributed by atoms with Crippen molar-refractivity contribution in [1.82, 2.24) is 0 Å². The predicted octanol–water partition coefficient (Wildman–Crippen LogP) is 4.93. The molecular weight excluding hydrogens is 248 g/mol. The summed E-state index contributed by atoms with van der Waals surface area (Å²) in [7, 11) is 0. The van der Waals surface area contributed by atoms with E-state index in [0.29, 0.717) is 15.7 Å². The quantitative estimate of drug-likeness (QED) is 0.433. The highest BCUT2D eigenvalue weighted by molar-refractivity contribution is 9.09. The molecular formula is C14H23Br. The minimum atomic E-state index is 0.452. The zero-order valence-corrected chi connectivity index (χ0v) is 12.0. The van der Waals surface area contributed by atoms with E-state index >= 15 is 0 Å². The molecule has 15 heavy (non-hydrogen) atoms. The predicted molar refractivity (Wildman–Crippen MR) is 70.3 cm³/mol. The van der Waals surface area contributed by atoms with Crippen molar-refractivity contribution in [3.05, 3.63) is 11.6 Å². The molecule has 2 aliphatic carbocycles. The van der Waals surface area contributed by atoms with Gasteiger partial charge in [-0.3, -0.25) is 0 Å². The summed E-state index contributed by atoms with van der Waals surface area (Å²) in [6.07, 6.45) is 7.82. The van der Waals surface area contributed by atoms with Gasteiger partial charge in [0.2, 0.25) is 0 Å². The van der Waals surface area contributed by atoms with E-state index in [4.69, 9.17) is 0 Å². The highest BCUT2D eigenvalue weighted by Gasteiger charge is 2.45. The van der Waals surface area contributed by atoms with Crippen LogP contribution in [0.2, 0.25) is 0 Å². The van der Waals surface area contributed by atoms with Crippen LogP contribution in [0.1, 0.15) is 53.4 Å². The van der Waals surface area contributed by atoms with Gasteiger partial charge < -0.3 is 0 Å². The Morgan fingerprint density at radius 1 is 1.20 bits per heavy atom. The number of allylic oxidation sites excluding steroid dienone is 2. The topological polar surface area (TPSA) is 0 Å². The maximum atomic E-state index is 3.79. The first kappa shape index (κ1) is 11.7. The zero-order chi connectivity index (χ0) is 11.3. The molecule has 2 atom stereocenters. The first-order valence-electron chi connectivity index (χ1n) is 6.17. The van der Waals surface area contributed by atoms with Gasteiger partial charge in [-0.1, -0.05) is 55.3 Å². The Kier molecular flexibility index (Phi) is 2.82. The SMILES string of the molecule is CC1(C)CCC(C)(C)[C@@H]2CC(Br)CC=C21. The number of halogens is 1. The monoisotopic (exact) mass is 270 g/mol. The molecule has 0 radical (unpaired) electrons. The van der Waals surface area contributed by atoms with E-state index in [1.807, 2.05) is 0 Å². The second-order valence-corrected chi connectivity index (χ2v) is 7.95. The Bertz CT molecular complexity index is 286. The molecule has 0 saturated heterocycles. The first-order chi connectivity index (χ1) is 6.83. The van der Waals surface area contributed by atoms with Gasteiger partial charge in [-0.15, -0.1) is 0 Å². The van der Waals surface area contributed by atoms with Crippen molar-refractivity contribution in [2.45, 2.75) is 58.2 Å². The van der Waals surface area contributed by atoms with Gasteiger partial charge in [0.1, 0.15) is 0 Å². The molecule has 0 spiro atoms. The normalized spacial score (nSPS) is 38.1. The molecule has 1 heteroatoms. The van der Waals surface area contributed by atoms with E-state index < -0.39 is 0 Å². The fraction of sp³-hybridized carbons (Fsp3) is 0.857. The minimum absolute atomic E-state index is 0.452. The number of hydrogen-bond donors (Lipinski definition) is 0. The van der Waals surface area contributed by atoms with Gasteiger partial charge >= 0.3 is 0 Å². The van der Waals surface area contributed by atoms with Crippen LogP contribution in [0.4, 0.5) is 0 Å². The second kappa shape index (κ2) is 3.61. The van der Waals surface area contributed by atoms with Gasteiger partial charge in [0.05, 0.1) is 0 Å². The van der Waals surface area contributed by atoms with E-state index in [1.165, 1.54) is 25.7 Å². The van der Waals surface area contributed by atoms with Gasteiger partial charge in [-0.2, -0.15) is 0 Å². The maximum absolute atomic E-state index is 3.79. The standard InChI is InChI=1S/C14H23Br/c1-13(2)7-8-14(3,4)12-9-10(15)5-6-11(12)13/h6,10,12H,5,7-9H2,1-4H3/t10?,12-/m1/s1. The van der Waals surface area contributed by atoms with Crippen molar-refractivity contribution >= 4 is 15.9 Å². The molecule has 0 nitrogen and oxygen atoms in total. The number of rotatable bonds is 0. The highest BCUT2D eigenvalue weighted by Crippen LogP contribution is 2.55. The summed E-state index contributed by atoms with van der Waals surface area (Å²) in [4.78, 5) is 0.708. The van der Waals surface area contributed by atoms with Gasteiger partial charge in [0.25, 0.3) is 0 Å². The molecule has 0 aromatic carbocycles. The third kappa shape index (κ3) is 2.05. The molecule has 0 bridgehead atoms. The lowest BCUT2D eigenvalue weighted by atomic mass is 9.55. The highest BCUT2D eigenvalue weighted by atomic mass is 79.9. The zero-order valence-electron chi connectivity index (χ0n) is 10.4. The van der Waals surface area contributed by atoms with Gasteiger partial charge in [0.15, 0.2) is 0 Å². The van der Waals surface area contributed by atoms with Crippen LogP contribution in [0.25, 0.3) is 0 Å². The summed E-state index contributed by atoms with van der Waals surface area (Å²) in [5, 5.41) is 0. The molecule has 0 aromatic heterocycles. The third-order valence-corrected chi connectivity index (χ3v) is 5.33. The fourth-order valence-electron chi connectivity index (χ4n) is 3.32. The minimum Gasteiger partial charge on any atom is -0.0887 e. The van der Waals surface area contributed by atoms with Crippen LogP contribution in [0, 0.1) is 16.7 Å². The smallest absolute Gasteiger partial charge is 0.0186 e. The first-order valence-corrected chi connectivity index (χ1v) is 7.09. The average molecular weight is 271 g/mol.